The zero-order valence-electron chi connectivity index (χ0n) is 17.8. The summed E-state index contributed by atoms with van der Waals surface area (Å²) in [7, 11) is -6.38. The molecule has 1 aromatic carbocycles. The summed E-state index contributed by atoms with van der Waals surface area (Å²) in [5, 5.41) is 5.49. The molecule has 0 saturated carbocycles. The standard InChI is InChI=1S/C19H19F3N6O4S2/c1-3-33(29,30)15-6-5-13(34(31,32)23-2)8-14(15)27-17-9-18(26-11-25-17)28-16-7-4-12(10-24-16)19(20,21)22/h4-11,23H,3H2,1-2H3,(H2,24,25,26,27,28). The Labute approximate surface area is 193 Å². The van der Waals surface area contributed by atoms with Gasteiger partial charge < -0.3 is 10.6 Å². The van der Waals surface area contributed by atoms with Crippen LogP contribution in [0, 0.1) is 0 Å². The van der Waals surface area contributed by atoms with Gasteiger partial charge in [0, 0.05) is 12.3 Å². The van der Waals surface area contributed by atoms with Crippen molar-refractivity contribution in [3.8, 4) is 0 Å². The Morgan fingerprint density at radius 3 is 2.12 bits per heavy atom. The van der Waals surface area contributed by atoms with Crippen molar-refractivity contribution in [1.29, 1.82) is 0 Å². The van der Waals surface area contributed by atoms with E-state index in [-0.39, 0.29) is 38.7 Å². The Balaban J connectivity index is 1.94. The van der Waals surface area contributed by atoms with Crippen LogP contribution in [0.2, 0.25) is 0 Å². The molecule has 0 aliphatic carbocycles. The summed E-state index contributed by atoms with van der Waals surface area (Å²) in [6, 6.07) is 6.82. The van der Waals surface area contributed by atoms with Crippen molar-refractivity contribution >= 4 is 43.0 Å². The fourth-order valence-corrected chi connectivity index (χ4v) is 4.50. The summed E-state index contributed by atoms with van der Waals surface area (Å²) in [6.07, 6.45) is -2.74. The van der Waals surface area contributed by atoms with Crippen LogP contribution in [-0.2, 0) is 26.0 Å². The van der Waals surface area contributed by atoms with Gasteiger partial charge in [-0.15, -0.1) is 0 Å². The van der Waals surface area contributed by atoms with E-state index in [0.717, 1.165) is 24.5 Å². The molecule has 15 heteroatoms. The van der Waals surface area contributed by atoms with Crippen molar-refractivity contribution in [3.05, 3.63) is 54.5 Å². The molecule has 0 amide bonds. The number of sulfonamides is 1. The number of sulfone groups is 1. The highest BCUT2D eigenvalue weighted by Gasteiger charge is 2.30. The third-order valence-corrected chi connectivity index (χ3v) is 7.72. The summed E-state index contributed by atoms with van der Waals surface area (Å²) in [6.45, 7) is 1.45. The summed E-state index contributed by atoms with van der Waals surface area (Å²) in [5.41, 5.74) is -0.945. The van der Waals surface area contributed by atoms with Crippen LogP contribution in [0.4, 0.5) is 36.3 Å². The molecule has 182 valence electrons. The molecule has 2 heterocycles. The molecule has 2 aromatic heterocycles. The van der Waals surface area contributed by atoms with Gasteiger partial charge in [0.15, 0.2) is 9.84 Å². The molecular weight excluding hydrogens is 497 g/mol. The van der Waals surface area contributed by atoms with E-state index in [2.05, 4.69) is 30.3 Å². The van der Waals surface area contributed by atoms with E-state index in [0.29, 0.717) is 6.20 Å². The third kappa shape index (κ3) is 5.78. The minimum absolute atomic E-state index is 0.0320. The summed E-state index contributed by atoms with van der Waals surface area (Å²) in [5.74, 6) is 0.0873. The smallest absolute Gasteiger partial charge is 0.339 e. The Kier molecular flexibility index (Phi) is 7.09. The number of anilines is 4. The second-order valence-corrected chi connectivity index (χ2v) is 10.9. The van der Waals surface area contributed by atoms with Crippen molar-refractivity contribution in [2.24, 2.45) is 0 Å². The zero-order valence-corrected chi connectivity index (χ0v) is 19.4. The zero-order chi connectivity index (χ0) is 25.1. The van der Waals surface area contributed by atoms with Crippen molar-refractivity contribution in [3.63, 3.8) is 0 Å². The van der Waals surface area contributed by atoms with Crippen LogP contribution < -0.4 is 15.4 Å². The lowest BCUT2D eigenvalue weighted by atomic mass is 10.3. The SMILES string of the molecule is CCS(=O)(=O)c1ccc(S(=O)(=O)NC)cc1Nc1cc(Nc2ccc(C(F)(F)F)cn2)ncn1. The maximum absolute atomic E-state index is 12.7. The molecule has 0 aliphatic heterocycles. The van der Waals surface area contributed by atoms with Gasteiger partial charge in [0.05, 0.1) is 26.8 Å². The second-order valence-electron chi connectivity index (χ2n) is 6.74. The van der Waals surface area contributed by atoms with Crippen molar-refractivity contribution < 1.29 is 30.0 Å². The number of halogens is 3. The number of nitrogens with zero attached hydrogens (tertiary/aromatic N) is 3. The number of aromatic nitrogens is 3. The van der Waals surface area contributed by atoms with E-state index in [4.69, 9.17) is 0 Å². The van der Waals surface area contributed by atoms with E-state index in [1.807, 2.05) is 0 Å². The summed E-state index contributed by atoms with van der Waals surface area (Å²) in [4.78, 5) is 11.3. The van der Waals surface area contributed by atoms with E-state index in [1.165, 1.54) is 32.2 Å². The maximum Gasteiger partial charge on any atom is 0.417 e. The second kappa shape index (κ2) is 9.52. The lowest BCUT2D eigenvalue weighted by molar-refractivity contribution is -0.137. The molecular formula is C19H19F3N6O4S2. The quantitative estimate of drug-likeness (QED) is 0.411. The highest BCUT2D eigenvalue weighted by atomic mass is 32.2. The first-order valence-corrected chi connectivity index (χ1v) is 12.7. The van der Waals surface area contributed by atoms with E-state index in [9.17, 15) is 30.0 Å². The van der Waals surface area contributed by atoms with Gasteiger partial charge >= 0.3 is 6.18 Å². The Morgan fingerprint density at radius 1 is 0.882 bits per heavy atom. The number of rotatable bonds is 8. The molecule has 0 aliphatic rings. The van der Waals surface area contributed by atoms with Crippen LogP contribution in [0.1, 0.15) is 12.5 Å². The molecule has 3 rings (SSSR count). The van der Waals surface area contributed by atoms with Crippen LogP contribution in [0.5, 0.6) is 0 Å². The van der Waals surface area contributed by atoms with E-state index < -0.39 is 31.6 Å². The van der Waals surface area contributed by atoms with Crippen molar-refractivity contribution in [2.45, 2.75) is 22.9 Å². The average Bonchev–Trinajstić information content (AvgIpc) is 2.79. The number of hydrogen-bond donors (Lipinski definition) is 3. The Morgan fingerprint density at radius 2 is 1.56 bits per heavy atom. The number of hydrogen-bond acceptors (Lipinski definition) is 9. The first kappa shape index (κ1) is 25.3. The van der Waals surface area contributed by atoms with Crippen LogP contribution in [0.25, 0.3) is 0 Å². The van der Waals surface area contributed by atoms with Crippen LogP contribution in [0.15, 0.2) is 58.7 Å². The molecule has 0 radical (unpaired) electrons. The fraction of sp³-hybridized carbons (Fsp3) is 0.211. The molecule has 34 heavy (non-hydrogen) atoms. The molecule has 3 N–H and O–H groups in total. The van der Waals surface area contributed by atoms with Gasteiger partial charge in [-0.1, -0.05) is 6.92 Å². The summed E-state index contributed by atoms with van der Waals surface area (Å²) >= 11 is 0. The van der Waals surface area contributed by atoms with Crippen LogP contribution in [-0.4, -0.2) is 44.6 Å². The largest absolute Gasteiger partial charge is 0.417 e. The van der Waals surface area contributed by atoms with Gasteiger partial charge in [-0.05, 0) is 37.4 Å². The van der Waals surface area contributed by atoms with Crippen LogP contribution >= 0.6 is 0 Å². The van der Waals surface area contributed by atoms with Gasteiger partial charge in [0.1, 0.15) is 23.8 Å². The first-order valence-electron chi connectivity index (χ1n) is 9.55. The molecule has 0 unspecified atom stereocenters. The minimum Gasteiger partial charge on any atom is -0.339 e. The number of nitrogens with one attached hydrogen (secondary N) is 3. The number of benzene rings is 1. The lowest BCUT2D eigenvalue weighted by Crippen LogP contribution is -2.19. The highest BCUT2D eigenvalue weighted by Crippen LogP contribution is 2.30. The topological polar surface area (TPSA) is 143 Å². The Bertz CT molecular complexity index is 1400. The molecule has 10 nitrogen and oxygen atoms in total. The molecule has 0 fully saturated rings. The molecule has 3 aromatic rings. The van der Waals surface area contributed by atoms with Crippen molar-refractivity contribution in [1.82, 2.24) is 19.7 Å². The van der Waals surface area contributed by atoms with E-state index >= 15 is 0 Å². The molecule has 0 spiro atoms. The average molecular weight is 517 g/mol. The predicted octanol–water partition coefficient (Wildman–Crippen LogP) is 3.08. The normalized spacial score (nSPS) is 12.4. The first-order chi connectivity index (χ1) is 15.9. The lowest BCUT2D eigenvalue weighted by Gasteiger charge is -2.14. The Hall–Kier alpha value is -3.30. The monoisotopic (exact) mass is 516 g/mol. The molecule has 0 bridgehead atoms. The van der Waals surface area contributed by atoms with Crippen LogP contribution in [0.3, 0.4) is 0 Å². The minimum atomic E-state index is -4.52. The van der Waals surface area contributed by atoms with Gasteiger partial charge in [0.25, 0.3) is 0 Å². The fourth-order valence-electron chi connectivity index (χ4n) is 2.72. The maximum atomic E-state index is 12.7. The van der Waals surface area contributed by atoms with Gasteiger partial charge in [-0.2, -0.15) is 13.2 Å². The third-order valence-electron chi connectivity index (χ3n) is 4.52. The van der Waals surface area contributed by atoms with Gasteiger partial charge in [-0.25, -0.2) is 36.5 Å². The number of alkyl halides is 3. The molecule has 0 saturated heterocycles. The van der Waals surface area contributed by atoms with Gasteiger partial charge in [0.2, 0.25) is 10.0 Å². The van der Waals surface area contributed by atoms with E-state index in [1.54, 1.807) is 0 Å². The highest BCUT2D eigenvalue weighted by molar-refractivity contribution is 7.91. The summed E-state index contributed by atoms with van der Waals surface area (Å²) < 4.78 is 89.6. The van der Waals surface area contributed by atoms with Crippen molar-refractivity contribution in [2.75, 3.05) is 23.4 Å². The number of pyridine rings is 1. The molecule has 0 atom stereocenters. The van der Waals surface area contributed by atoms with Gasteiger partial charge in [-0.3, -0.25) is 0 Å². The predicted molar refractivity (Wildman–Crippen MR) is 118 cm³/mol.